The molecule has 0 aliphatic rings. The van der Waals surface area contributed by atoms with Crippen LogP contribution in [-0.2, 0) is 19.2 Å². The molecule has 2 N–H and O–H groups in total. The van der Waals surface area contributed by atoms with Crippen LogP contribution in [0.25, 0.3) is 0 Å². The normalized spacial score (nSPS) is 13.5. The molecule has 0 aromatic heterocycles. The lowest BCUT2D eigenvalue weighted by Gasteiger charge is -2.24. The highest BCUT2D eigenvalue weighted by Crippen LogP contribution is 2.18. The van der Waals surface area contributed by atoms with Crippen molar-refractivity contribution in [1.29, 1.82) is 0 Å². The van der Waals surface area contributed by atoms with Crippen molar-refractivity contribution in [3.8, 4) is 0 Å². The Kier molecular flexibility index (Phi) is 4.74. The highest BCUT2D eigenvalue weighted by molar-refractivity contribution is 5.95. The molecule has 0 spiro atoms. The van der Waals surface area contributed by atoms with E-state index in [1.807, 2.05) is 0 Å². The van der Waals surface area contributed by atoms with Crippen LogP contribution in [0, 0.1) is 11.8 Å². The fraction of sp³-hybridized carbons (Fsp3) is 0.800. The van der Waals surface area contributed by atoms with Crippen LogP contribution < -0.4 is 5.90 Å². The standard InChI is InChI=1S/C10H19NO4/c1-6(2)7(9(13)15-11)8(12)14-10(3,4)5/h6-7H,11H2,1-5H3. The lowest BCUT2D eigenvalue weighted by molar-refractivity contribution is -0.171. The number of hydrogen-bond donors (Lipinski definition) is 1. The minimum Gasteiger partial charge on any atom is -0.459 e. The summed E-state index contributed by atoms with van der Waals surface area (Å²) in [5.74, 6) is 2.21. The highest BCUT2D eigenvalue weighted by atomic mass is 16.7. The van der Waals surface area contributed by atoms with Gasteiger partial charge in [-0.3, -0.25) is 4.79 Å². The van der Waals surface area contributed by atoms with E-state index in [0.717, 1.165) is 0 Å². The van der Waals surface area contributed by atoms with Crippen molar-refractivity contribution in [2.45, 2.75) is 40.2 Å². The van der Waals surface area contributed by atoms with Crippen molar-refractivity contribution >= 4 is 11.9 Å². The van der Waals surface area contributed by atoms with Crippen molar-refractivity contribution in [3.63, 3.8) is 0 Å². The predicted octanol–water partition coefficient (Wildman–Crippen LogP) is 1.02. The zero-order valence-electron chi connectivity index (χ0n) is 9.87. The summed E-state index contributed by atoms with van der Waals surface area (Å²) < 4.78 is 5.09. The fourth-order valence-electron chi connectivity index (χ4n) is 1.08. The van der Waals surface area contributed by atoms with E-state index in [4.69, 9.17) is 10.6 Å². The largest absolute Gasteiger partial charge is 0.459 e. The molecule has 0 radical (unpaired) electrons. The zero-order chi connectivity index (χ0) is 12.2. The Balaban J connectivity index is 4.65. The van der Waals surface area contributed by atoms with Crippen LogP contribution in [0.5, 0.6) is 0 Å². The Bertz CT molecular complexity index is 242. The van der Waals surface area contributed by atoms with E-state index < -0.39 is 23.5 Å². The minimum absolute atomic E-state index is 0.212. The monoisotopic (exact) mass is 217 g/mol. The van der Waals surface area contributed by atoms with Crippen LogP contribution in [0.15, 0.2) is 0 Å². The van der Waals surface area contributed by atoms with E-state index in [1.165, 1.54) is 0 Å². The van der Waals surface area contributed by atoms with E-state index in [1.54, 1.807) is 34.6 Å². The van der Waals surface area contributed by atoms with Gasteiger partial charge in [0.25, 0.3) is 0 Å². The average Bonchev–Trinajstić information content (AvgIpc) is 1.99. The SMILES string of the molecule is CC(C)C(C(=O)ON)C(=O)OC(C)(C)C. The summed E-state index contributed by atoms with van der Waals surface area (Å²) in [6.45, 7) is 8.65. The number of hydrogen-bond acceptors (Lipinski definition) is 5. The predicted molar refractivity (Wildman–Crippen MR) is 54.5 cm³/mol. The van der Waals surface area contributed by atoms with Crippen LogP contribution in [0.4, 0.5) is 0 Å². The van der Waals surface area contributed by atoms with E-state index in [2.05, 4.69) is 4.84 Å². The molecule has 5 heteroatoms. The van der Waals surface area contributed by atoms with Crippen LogP contribution in [0.1, 0.15) is 34.6 Å². The van der Waals surface area contributed by atoms with Gasteiger partial charge in [0, 0.05) is 0 Å². The third kappa shape index (κ3) is 4.78. The molecule has 0 saturated heterocycles. The molecule has 1 atom stereocenters. The van der Waals surface area contributed by atoms with Gasteiger partial charge in [-0.25, -0.2) is 4.79 Å². The van der Waals surface area contributed by atoms with Gasteiger partial charge in [0.05, 0.1) is 0 Å². The Morgan fingerprint density at radius 2 is 1.60 bits per heavy atom. The molecule has 0 fully saturated rings. The molecule has 0 aromatic carbocycles. The maximum Gasteiger partial charge on any atom is 0.339 e. The van der Waals surface area contributed by atoms with E-state index in [-0.39, 0.29) is 5.92 Å². The Morgan fingerprint density at radius 1 is 1.13 bits per heavy atom. The minimum atomic E-state index is -0.964. The summed E-state index contributed by atoms with van der Waals surface area (Å²) in [5.41, 5.74) is -0.626. The maximum atomic E-state index is 11.6. The lowest BCUT2D eigenvalue weighted by Crippen LogP contribution is -2.37. The lowest BCUT2D eigenvalue weighted by atomic mass is 9.96. The second-order valence-corrected chi connectivity index (χ2v) is 4.69. The molecule has 0 aliphatic heterocycles. The topological polar surface area (TPSA) is 78.6 Å². The van der Waals surface area contributed by atoms with Crippen LogP contribution in [-0.4, -0.2) is 17.5 Å². The number of carbonyl (C=O) groups is 2. The molecule has 1 unspecified atom stereocenters. The van der Waals surface area contributed by atoms with E-state index in [9.17, 15) is 9.59 Å². The van der Waals surface area contributed by atoms with Gasteiger partial charge >= 0.3 is 11.9 Å². The summed E-state index contributed by atoms with van der Waals surface area (Å²) in [4.78, 5) is 26.9. The van der Waals surface area contributed by atoms with Gasteiger partial charge < -0.3 is 9.57 Å². The Labute approximate surface area is 89.9 Å². The van der Waals surface area contributed by atoms with E-state index in [0.29, 0.717) is 0 Å². The maximum absolute atomic E-state index is 11.6. The molecule has 88 valence electrons. The molecule has 0 saturated carbocycles. The van der Waals surface area contributed by atoms with Crippen LogP contribution >= 0.6 is 0 Å². The molecule has 0 aromatic rings. The molecule has 0 rings (SSSR count). The van der Waals surface area contributed by atoms with Gasteiger partial charge in [0.2, 0.25) is 0 Å². The van der Waals surface area contributed by atoms with Gasteiger partial charge in [0.1, 0.15) is 5.60 Å². The zero-order valence-corrected chi connectivity index (χ0v) is 9.87. The average molecular weight is 217 g/mol. The second-order valence-electron chi connectivity index (χ2n) is 4.69. The number of carbonyl (C=O) groups excluding carboxylic acids is 2. The van der Waals surface area contributed by atoms with Crippen molar-refractivity contribution < 1.29 is 19.2 Å². The first kappa shape index (κ1) is 13.9. The summed E-state index contributed by atoms with van der Waals surface area (Å²) >= 11 is 0. The summed E-state index contributed by atoms with van der Waals surface area (Å²) in [7, 11) is 0. The first-order chi connectivity index (χ1) is 6.69. The van der Waals surface area contributed by atoms with Crippen molar-refractivity contribution in [1.82, 2.24) is 0 Å². The third-order valence-corrected chi connectivity index (χ3v) is 1.70. The van der Waals surface area contributed by atoms with Crippen molar-refractivity contribution in [2.75, 3.05) is 0 Å². The number of nitrogens with two attached hydrogens (primary N) is 1. The molecule has 15 heavy (non-hydrogen) atoms. The number of esters is 1. The summed E-state index contributed by atoms with van der Waals surface area (Å²) in [6, 6.07) is 0. The first-order valence-electron chi connectivity index (χ1n) is 4.82. The molecule has 0 aliphatic carbocycles. The molecular weight excluding hydrogens is 198 g/mol. The molecule has 0 heterocycles. The molecule has 5 nitrogen and oxygen atoms in total. The Hall–Kier alpha value is -1.10. The smallest absolute Gasteiger partial charge is 0.339 e. The van der Waals surface area contributed by atoms with Gasteiger partial charge in [0.15, 0.2) is 5.92 Å². The van der Waals surface area contributed by atoms with Gasteiger partial charge in [-0.15, -0.1) is 0 Å². The second kappa shape index (κ2) is 5.11. The van der Waals surface area contributed by atoms with Gasteiger partial charge in [-0.2, -0.15) is 5.90 Å². The van der Waals surface area contributed by atoms with Crippen molar-refractivity contribution in [2.24, 2.45) is 17.7 Å². The van der Waals surface area contributed by atoms with Gasteiger partial charge in [-0.05, 0) is 26.7 Å². The third-order valence-electron chi connectivity index (χ3n) is 1.70. The first-order valence-corrected chi connectivity index (χ1v) is 4.82. The van der Waals surface area contributed by atoms with Crippen LogP contribution in [0.3, 0.4) is 0 Å². The van der Waals surface area contributed by atoms with Crippen molar-refractivity contribution in [3.05, 3.63) is 0 Å². The van der Waals surface area contributed by atoms with Crippen LogP contribution in [0.2, 0.25) is 0 Å². The highest BCUT2D eigenvalue weighted by Gasteiger charge is 2.35. The van der Waals surface area contributed by atoms with Gasteiger partial charge in [-0.1, -0.05) is 13.8 Å². The molecule has 0 amide bonds. The quantitative estimate of drug-likeness (QED) is 0.433. The van der Waals surface area contributed by atoms with E-state index >= 15 is 0 Å². The fourth-order valence-corrected chi connectivity index (χ4v) is 1.08. The molecular formula is C10H19NO4. The summed E-state index contributed by atoms with van der Waals surface area (Å²) in [6.07, 6.45) is 0. The molecule has 0 bridgehead atoms. The summed E-state index contributed by atoms with van der Waals surface area (Å²) in [5, 5.41) is 0. The number of ether oxygens (including phenoxy) is 1. The number of rotatable bonds is 3. The Morgan fingerprint density at radius 3 is 1.87 bits per heavy atom.